The number of nitrogens with one attached hydrogen (secondary N) is 1. The van der Waals surface area contributed by atoms with E-state index in [2.05, 4.69) is 27.6 Å². The molecule has 1 amide bonds. The average Bonchev–Trinajstić information content (AvgIpc) is 3.21. The summed E-state index contributed by atoms with van der Waals surface area (Å²) in [6, 6.07) is 16.0. The molecular weight excluding hydrogens is 354 g/mol. The van der Waals surface area contributed by atoms with Crippen molar-refractivity contribution in [1.82, 2.24) is 10.2 Å². The van der Waals surface area contributed by atoms with Gasteiger partial charge in [-0.3, -0.25) is 4.79 Å². The second-order valence-corrected chi connectivity index (χ2v) is 7.75. The molecule has 1 N–H and O–H groups in total. The van der Waals surface area contributed by atoms with Gasteiger partial charge in [0.25, 0.3) is 0 Å². The lowest BCUT2D eigenvalue weighted by Crippen LogP contribution is -2.37. The van der Waals surface area contributed by atoms with E-state index >= 15 is 0 Å². The molecule has 0 bridgehead atoms. The third-order valence-corrected chi connectivity index (χ3v) is 5.69. The normalized spacial score (nSPS) is 21.8. The van der Waals surface area contributed by atoms with Gasteiger partial charge in [0.05, 0.1) is 5.41 Å². The van der Waals surface area contributed by atoms with Crippen molar-refractivity contribution in [3.05, 3.63) is 75.8 Å². The molecular formula is C19H16ClN3OS. The highest BCUT2D eigenvalue weighted by Gasteiger charge is 2.48. The molecule has 2 aromatic carbocycles. The summed E-state index contributed by atoms with van der Waals surface area (Å²) in [5, 5.41) is 11.9. The van der Waals surface area contributed by atoms with Gasteiger partial charge in [-0.05, 0) is 42.2 Å². The topological polar surface area (TPSA) is 54.9 Å². The summed E-state index contributed by atoms with van der Waals surface area (Å²) >= 11 is 7.56. The highest BCUT2D eigenvalue weighted by atomic mass is 35.5. The van der Waals surface area contributed by atoms with Crippen LogP contribution in [0, 0.1) is 5.41 Å². The Morgan fingerprint density at radius 2 is 2.08 bits per heavy atom. The number of hydrogen-bond donors (Lipinski definition) is 1. The van der Waals surface area contributed by atoms with Gasteiger partial charge in [0.1, 0.15) is 5.51 Å². The van der Waals surface area contributed by atoms with E-state index < -0.39 is 5.41 Å². The number of nitrogens with zero attached hydrogens (tertiary/aromatic N) is 2. The second kappa shape index (κ2) is 6.24. The number of amides is 1. The predicted molar refractivity (Wildman–Crippen MR) is 100 cm³/mol. The zero-order valence-electron chi connectivity index (χ0n) is 13.6. The molecule has 25 heavy (non-hydrogen) atoms. The minimum atomic E-state index is -0.625. The van der Waals surface area contributed by atoms with E-state index in [1.165, 1.54) is 11.3 Å². The van der Waals surface area contributed by atoms with E-state index in [-0.39, 0.29) is 11.8 Å². The van der Waals surface area contributed by atoms with E-state index in [9.17, 15) is 4.79 Å². The van der Waals surface area contributed by atoms with Gasteiger partial charge in [-0.25, -0.2) is 0 Å². The van der Waals surface area contributed by atoms with Crippen LogP contribution in [-0.2, 0) is 11.2 Å². The van der Waals surface area contributed by atoms with E-state index in [1.54, 1.807) is 5.51 Å². The van der Waals surface area contributed by atoms with Gasteiger partial charge in [0, 0.05) is 10.9 Å². The zero-order chi connectivity index (χ0) is 17.4. The molecule has 6 heteroatoms. The first-order chi connectivity index (χ1) is 12.1. The van der Waals surface area contributed by atoms with Gasteiger partial charge in [-0.1, -0.05) is 59.3 Å². The maximum Gasteiger partial charge on any atom is 0.233 e. The number of benzene rings is 2. The molecule has 4 rings (SSSR count). The number of anilines is 1. The van der Waals surface area contributed by atoms with Crippen molar-refractivity contribution in [3.8, 4) is 0 Å². The first-order valence-electron chi connectivity index (χ1n) is 7.99. The molecule has 2 atom stereocenters. The third-order valence-electron chi connectivity index (χ3n) is 4.85. The molecule has 0 aliphatic heterocycles. The molecule has 0 fully saturated rings. The fourth-order valence-electron chi connectivity index (χ4n) is 3.71. The molecule has 4 nitrogen and oxygen atoms in total. The largest absolute Gasteiger partial charge is 0.300 e. The van der Waals surface area contributed by atoms with Gasteiger partial charge in [0.2, 0.25) is 11.0 Å². The fraction of sp³-hybridized carbons (Fsp3) is 0.211. The number of rotatable bonds is 3. The first kappa shape index (κ1) is 16.2. The molecule has 0 saturated carbocycles. The van der Waals surface area contributed by atoms with Crippen LogP contribution in [0.2, 0.25) is 5.02 Å². The molecule has 3 aromatic rings. The summed E-state index contributed by atoms with van der Waals surface area (Å²) in [7, 11) is 0. The minimum Gasteiger partial charge on any atom is -0.300 e. The Hall–Kier alpha value is -2.24. The van der Waals surface area contributed by atoms with Crippen molar-refractivity contribution in [2.24, 2.45) is 5.41 Å². The number of aromatic nitrogens is 2. The SMILES string of the molecule is C[C@]1(C(=O)Nc2nncs2)Cc2ccc(Cl)cc2[C@H]1c1ccccc1. The third kappa shape index (κ3) is 2.83. The molecule has 0 unspecified atom stereocenters. The molecule has 1 aliphatic rings. The lowest BCUT2D eigenvalue weighted by Gasteiger charge is -2.30. The molecule has 1 aromatic heterocycles. The Labute approximate surface area is 154 Å². The lowest BCUT2D eigenvalue weighted by molar-refractivity contribution is -0.125. The van der Waals surface area contributed by atoms with Crippen LogP contribution >= 0.6 is 22.9 Å². The van der Waals surface area contributed by atoms with Crippen LogP contribution in [0.3, 0.4) is 0 Å². The van der Waals surface area contributed by atoms with Gasteiger partial charge < -0.3 is 5.32 Å². The highest BCUT2D eigenvalue weighted by molar-refractivity contribution is 7.13. The smallest absolute Gasteiger partial charge is 0.233 e. The Kier molecular flexibility index (Phi) is 4.06. The summed E-state index contributed by atoms with van der Waals surface area (Å²) in [5.41, 5.74) is 4.37. The quantitative estimate of drug-likeness (QED) is 0.738. The maximum absolute atomic E-state index is 13.2. The highest BCUT2D eigenvalue weighted by Crippen LogP contribution is 2.51. The monoisotopic (exact) mass is 369 g/mol. The number of carbonyl (C=O) groups excluding carboxylic acids is 1. The van der Waals surface area contributed by atoms with Crippen molar-refractivity contribution in [2.45, 2.75) is 19.3 Å². The summed E-state index contributed by atoms with van der Waals surface area (Å²) < 4.78 is 0. The first-order valence-corrected chi connectivity index (χ1v) is 9.24. The van der Waals surface area contributed by atoms with Crippen LogP contribution < -0.4 is 5.32 Å². The molecule has 0 spiro atoms. The number of hydrogen-bond acceptors (Lipinski definition) is 4. The number of halogens is 1. The van der Waals surface area contributed by atoms with Crippen molar-refractivity contribution >= 4 is 34.0 Å². The standard InChI is InChI=1S/C19H16ClN3OS/c1-19(17(24)22-18-23-21-11-25-18)10-13-7-8-14(20)9-15(13)16(19)12-5-3-2-4-6-12/h2-9,11,16H,10H2,1H3,(H,22,23,24)/t16-,19+/m1/s1. The Balaban J connectivity index is 1.79. The van der Waals surface area contributed by atoms with Crippen LogP contribution in [0.1, 0.15) is 29.5 Å². The van der Waals surface area contributed by atoms with E-state index in [0.29, 0.717) is 16.6 Å². The van der Waals surface area contributed by atoms with Crippen molar-refractivity contribution in [2.75, 3.05) is 5.32 Å². The Morgan fingerprint density at radius 3 is 2.80 bits per heavy atom. The van der Waals surface area contributed by atoms with Crippen molar-refractivity contribution in [3.63, 3.8) is 0 Å². The van der Waals surface area contributed by atoms with Gasteiger partial charge in [-0.2, -0.15) is 0 Å². The lowest BCUT2D eigenvalue weighted by atomic mass is 9.73. The van der Waals surface area contributed by atoms with Crippen LogP contribution in [0.5, 0.6) is 0 Å². The number of carbonyl (C=O) groups is 1. The molecule has 0 radical (unpaired) electrons. The molecule has 1 heterocycles. The van der Waals surface area contributed by atoms with Crippen LogP contribution in [0.15, 0.2) is 54.0 Å². The van der Waals surface area contributed by atoms with E-state index in [4.69, 9.17) is 11.6 Å². The predicted octanol–water partition coefficient (Wildman–Crippen LogP) is 4.52. The van der Waals surface area contributed by atoms with Crippen LogP contribution in [0.25, 0.3) is 0 Å². The Morgan fingerprint density at radius 1 is 1.28 bits per heavy atom. The molecule has 126 valence electrons. The van der Waals surface area contributed by atoms with Gasteiger partial charge >= 0.3 is 0 Å². The van der Waals surface area contributed by atoms with Crippen molar-refractivity contribution < 1.29 is 4.79 Å². The minimum absolute atomic E-state index is 0.0505. The van der Waals surface area contributed by atoms with Crippen molar-refractivity contribution in [1.29, 1.82) is 0 Å². The molecule has 1 aliphatic carbocycles. The van der Waals surface area contributed by atoms with Gasteiger partial charge in [0.15, 0.2) is 0 Å². The van der Waals surface area contributed by atoms with E-state index in [1.807, 2.05) is 43.3 Å². The Bertz CT molecular complexity index is 914. The second-order valence-electron chi connectivity index (χ2n) is 6.48. The maximum atomic E-state index is 13.2. The average molecular weight is 370 g/mol. The summed E-state index contributed by atoms with van der Waals surface area (Å²) in [6.07, 6.45) is 0.656. The van der Waals surface area contributed by atoms with Crippen LogP contribution in [-0.4, -0.2) is 16.1 Å². The van der Waals surface area contributed by atoms with Gasteiger partial charge in [-0.15, -0.1) is 10.2 Å². The van der Waals surface area contributed by atoms with Crippen LogP contribution in [0.4, 0.5) is 5.13 Å². The summed E-state index contributed by atoms with van der Waals surface area (Å²) in [6.45, 7) is 2.01. The molecule has 0 saturated heterocycles. The summed E-state index contributed by atoms with van der Waals surface area (Å²) in [5.74, 6) is -0.110. The van der Waals surface area contributed by atoms with E-state index in [0.717, 1.165) is 16.7 Å². The summed E-state index contributed by atoms with van der Waals surface area (Å²) in [4.78, 5) is 13.2. The number of fused-ring (bicyclic) bond motifs is 1. The fourth-order valence-corrected chi connectivity index (χ4v) is 4.33. The zero-order valence-corrected chi connectivity index (χ0v) is 15.1.